The van der Waals surface area contributed by atoms with Crippen LogP contribution in [0, 0.1) is 0 Å². The summed E-state index contributed by atoms with van der Waals surface area (Å²) in [7, 11) is 0. The van der Waals surface area contributed by atoms with Crippen molar-refractivity contribution >= 4 is 35.0 Å². The molecule has 1 amide bonds. The number of anilines is 1. The molecule has 3 N–H and O–H groups in total. The van der Waals surface area contributed by atoms with Crippen molar-refractivity contribution in [3.05, 3.63) is 35.2 Å². The highest BCUT2D eigenvalue weighted by Crippen LogP contribution is 2.25. The molecule has 18 heavy (non-hydrogen) atoms. The Morgan fingerprint density at radius 1 is 1.50 bits per heavy atom. The monoisotopic (exact) mass is 279 g/mol. The van der Waals surface area contributed by atoms with Crippen LogP contribution in [0.1, 0.15) is 5.56 Å². The van der Waals surface area contributed by atoms with E-state index in [9.17, 15) is 4.79 Å². The zero-order chi connectivity index (χ0) is 13.0. The van der Waals surface area contributed by atoms with E-state index < -0.39 is 0 Å². The maximum atomic E-state index is 11.1. The van der Waals surface area contributed by atoms with Gasteiger partial charge in [-0.25, -0.2) is 4.98 Å². The molecule has 0 bridgehead atoms. The van der Waals surface area contributed by atoms with Gasteiger partial charge in [-0.1, -0.05) is 18.2 Å². The highest BCUT2D eigenvalue weighted by molar-refractivity contribution is 7.79. The molecule has 2 aromatic rings. The van der Waals surface area contributed by atoms with Crippen LogP contribution in [-0.4, -0.2) is 17.4 Å². The SMILES string of the molecule is NCC(=O)Nc1nc(-c2cccc(CS)c2)cs1. The third-order valence-corrected chi connectivity index (χ3v) is 3.46. The normalized spacial score (nSPS) is 10.3. The van der Waals surface area contributed by atoms with E-state index in [4.69, 9.17) is 5.73 Å². The van der Waals surface area contributed by atoms with Crippen molar-refractivity contribution in [2.75, 3.05) is 11.9 Å². The summed E-state index contributed by atoms with van der Waals surface area (Å²) in [5.41, 5.74) is 8.23. The molecule has 1 aromatic heterocycles. The van der Waals surface area contributed by atoms with Crippen LogP contribution in [0.25, 0.3) is 11.3 Å². The number of hydrogen-bond donors (Lipinski definition) is 3. The number of nitrogens with one attached hydrogen (secondary N) is 1. The van der Waals surface area contributed by atoms with Crippen molar-refractivity contribution in [2.45, 2.75) is 5.75 Å². The maximum Gasteiger partial charge on any atom is 0.239 e. The van der Waals surface area contributed by atoms with Gasteiger partial charge >= 0.3 is 0 Å². The summed E-state index contributed by atoms with van der Waals surface area (Å²) in [6, 6.07) is 8.01. The second kappa shape index (κ2) is 5.99. The van der Waals surface area contributed by atoms with Gasteiger partial charge in [-0.15, -0.1) is 11.3 Å². The van der Waals surface area contributed by atoms with Crippen molar-refractivity contribution in [3.63, 3.8) is 0 Å². The van der Waals surface area contributed by atoms with Gasteiger partial charge in [0.15, 0.2) is 5.13 Å². The van der Waals surface area contributed by atoms with Gasteiger partial charge in [0.1, 0.15) is 0 Å². The highest BCUT2D eigenvalue weighted by atomic mass is 32.1. The average molecular weight is 279 g/mol. The zero-order valence-corrected chi connectivity index (χ0v) is 11.3. The molecule has 0 atom stereocenters. The van der Waals surface area contributed by atoms with E-state index in [0.717, 1.165) is 16.8 Å². The van der Waals surface area contributed by atoms with Crippen molar-refractivity contribution in [3.8, 4) is 11.3 Å². The van der Waals surface area contributed by atoms with E-state index in [2.05, 4.69) is 22.9 Å². The molecule has 2 rings (SSSR count). The summed E-state index contributed by atoms with van der Waals surface area (Å²) >= 11 is 5.63. The number of thiazole rings is 1. The fourth-order valence-electron chi connectivity index (χ4n) is 1.46. The molecule has 0 spiro atoms. The first-order valence-electron chi connectivity index (χ1n) is 5.38. The van der Waals surface area contributed by atoms with Gasteiger partial charge in [0.2, 0.25) is 5.91 Å². The van der Waals surface area contributed by atoms with Crippen LogP contribution < -0.4 is 11.1 Å². The smallest absolute Gasteiger partial charge is 0.239 e. The molecule has 0 saturated carbocycles. The van der Waals surface area contributed by atoms with Gasteiger partial charge in [0.25, 0.3) is 0 Å². The quantitative estimate of drug-likeness (QED) is 0.751. The average Bonchev–Trinajstić information content (AvgIpc) is 2.87. The Morgan fingerprint density at radius 3 is 3.06 bits per heavy atom. The van der Waals surface area contributed by atoms with Gasteiger partial charge in [-0.2, -0.15) is 12.6 Å². The van der Waals surface area contributed by atoms with E-state index in [1.807, 2.05) is 29.6 Å². The Balaban J connectivity index is 2.20. The predicted octanol–water partition coefficient (Wildman–Crippen LogP) is 2.14. The molecular weight excluding hydrogens is 266 g/mol. The fourth-order valence-corrected chi connectivity index (χ4v) is 2.40. The molecule has 0 radical (unpaired) electrons. The number of amides is 1. The Bertz CT molecular complexity index is 554. The van der Waals surface area contributed by atoms with Gasteiger partial charge in [-0.3, -0.25) is 4.79 Å². The van der Waals surface area contributed by atoms with Crippen LogP contribution in [0.15, 0.2) is 29.6 Å². The first-order valence-corrected chi connectivity index (χ1v) is 6.89. The van der Waals surface area contributed by atoms with Crippen LogP contribution in [0.4, 0.5) is 5.13 Å². The minimum Gasteiger partial charge on any atom is -0.322 e. The van der Waals surface area contributed by atoms with Gasteiger partial charge in [0, 0.05) is 16.7 Å². The number of benzene rings is 1. The number of aromatic nitrogens is 1. The Hall–Kier alpha value is -1.37. The number of nitrogens with two attached hydrogens (primary N) is 1. The van der Waals surface area contributed by atoms with Crippen LogP contribution in [0.5, 0.6) is 0 Å². The number of carbonyl (C=O) groups is 1. The Labute approximate surface area is 115 Å². The van der Waals surface area contributed by atoms with Crippen molar-refractivity contribution in [1.29, 1.82) is 0 Å². The molecular formula is C12H13N3OS2. The van der Waals surface area contributed by atoms with E-state index in [1.54, 1.807) is 0 Å². The lowest BCUT2D eigenvalue weighted by Gasteiger charge is -2.00. The van der Waals surface area contributed by atoms with Crippen LogP contribution in [-0.2, 0) is 10.5 Å². The standard InChI is InChI=1S/C12H13N3OS2/c13-5-11(16)15-12-14-10(7-18-12)9-3-1-2-8(4-9)6-17/h1-4,7,17H,5-6,13H2,(H,14,15,16). The van der Waals surface area contributed by atoms with Crippen LogP contribution in [0.3, 0.4) is 0 Å². The molecule has 1 heterocycles. The molecule has 0 saturated heterocycles. The molecule has 6 heteroatoms. The summed E-state index contributed by atoms with van der Waals surface area (Å²) in [4.78, 5) is 15.5. The summed E-state index contributed by atoms with van der Waals surface area (Å²) in [6.45, 7) is -0.0376. The summed E-state index contributed by atoms with van der Waals surface area (Å²) in [6.07, 6.45) is 0. The van der Waals surface area contributed by atoms with Crippen LogP contribution >= 0.6 is 24.0 Å². The topological polar surface area (TPSA) is 68.0 Å². The van der Waals surface area contributed by atoms with Crippen LogP contribution in [0.2, 0.25) is 0 Å². The van der Waals surface area contributed by atoms with E-state index in [-0.39, 0.29) is 12.5 Å². The minimum atomic E-state index is -0.236. The highest BCUT2D eigenvalue weighted by Gasteiger charge is 2.07. The number of nitrogens with zero attached hydrogens (tertiary/aromatic N) is 1. The second-order valence-electron chi connectivity index (χ2n) is 3.65. The predicted molar refractivity (Wildman–Crippen MR) is 77.9 cm³/mol. The molecule has 0 aliphatic rings. The molecule has 4 nitrogen and oxygen atoms in total. The van der Waals surface area contributed by atoms with Gasteiger partial charge < -0.3 is 11.1 Å². The van der Waals surface area contributed by atoms with Gasteiger partial charge in [-0.05, 0) is 11.6 Å². The first kappa shape index (κ1) is 13.1. The van der Waals surface area contributed by atoms with Crippen molar-refractivity contribution in [1.82, 2.24) is 4.98 Å². The lowest BCUT2D eigenvalue weighted by atomic mass is 10.1. The minimum absolute atomic E-state index is 0.0376. The number of carbonyl (C=O) groups excluding carboxylic acids is 1. The lowest BCUT2D eigenvalue weighted by Crippen LogP contribution is -2.21. The van der Waals surface area contributed by atoms with Gasteiger partial charge in [0.05, 0.1) is 12.2 Å². The lowest BCUT2D eigenvalue weighted by molar-refractivity contribution is -0.114. The number of hydrogen-bond acceptors (Lipinski definition) is 5. The van der Waals surface area contributed by atoms with E-state index in [0.29, 0.717) is 10.9 Å². The molecule has 0 fully saturated rings. The molecule has 0 aliphatic carbocycles. The Morgan fingerprint density at radius 2 is 2.33 bits per heavy atom. The summed E-state index contributed by atoms with van der Waals surface area (Å²) in [5, 5.41) is 5.11. The number of rotatable bonds is 4. The van der Waals surface area contributed by atoms with E-state index >= 15 is 0 Å². The first-order chi connectivity index (χ1) is 8.72. The second-order valence-corrected chi connectivity index (χ2v) is 4.82. The largest absolute Gasteiger partial charge is 0.322 e. The molecule has 0 unspecified atom stereocenters. The number of thiol groups is 1. The van der Waals surface area contributed by atoms with Crippen molar-refractivity contribution < 1.29 is 4.79 Å². The van der Waals surface area contributed by atoms with Crippen molar-refractivity contribution in [2.24, 2.45) is 5.73 Å². The summed E-state index contributed by atoms with van der Waals surface area (Å²) < 4.78 is 0. The Kier molecular flexibility index (Phi) is 4.35. The molecule has 94 valence electrons. The maximum absolute atomic E-state index is 11.1. The molecule has 0 aliphatic heterocycles. The fraction of sp³-hybridized carbons (Fsp3) is 0.167. The summed E-state index contributed by atoms with van der Waals surface area (Å²) in [5.74, 6) is 0.453. The third kappa shape index (κ3) is 3.10. The third-order valence-electron chi connectivity index (χ3n) is 2.34. The zero-order valence-electron chi connectivity index (χ0n) is 9.59. The van der Waals surface area contributed by atoms with E-state index in [1.165, 1.54) is 11.3 Å². The molecule has 1 aromatic carbocycles.